The van der Waals surface area contributed by atoms with Crippen molar-refractivity contribution in [1.29, 1.82) is 5.26 Å². The quantitative estimate of drug-likeness (QED) is 0.271. The Balaban J connectivity index is 1.87. The molecule has 25 heavy (non-hydrogen) atoms. The largest absolute Gasteiger partial charge is 0.390 e. The lowest BCUT2D eigenvalue weighted by molar-refractivity contribution is -0.115. The molecule has 2 aromatic rings. The summed E-state index contributed by atoms with van der Waals surface area (Å²) in [5, 5.41) is 16.0. The number of halogens is 2. The molecule has 7 heteroatoms. The number of oxime groups is 1. The summed E-state index contributed by atoms with van der Waals surface area (Å²) in [5.41, 5.74) is 1.41. The van der Waals surface area contributed by atoms with Crippen molar-refractivity contribution < 1.29 is 9.63 Å². The Bertz CT molecular complexity index is 843. The van der Waals surface area contributed by atoms with Crippen molar-refractivity contribution in [3.05, 3.63) is 75.3 Å². The standard InChI is InChI=1S/C18H13Cl2N3O2/c19-16-7-6-14(17(20)9-16)11-25-23-12-22-18(24)15(10-21)8-13-4-2-1-3-5-13/h1-9,12H,11H2,(H,22,23,24). The highest BCUT2D eigenvalue weighted by molar-refractivity contribution is 6.35. The highest BCUT2D eigenvalue weighted by Crippen LogP contribution is 2.21. The van der Waals surface area contributed by atoms with Gasteiger partial charge in [0.2, 0.25) is 0 Å². The van der Waals surface area contributed by atoms with Crippen LogP contribution in [-0.2, 0) is 16.2 Å². The zero-order chi connectivity index (χ0) is 18.1. The summed E-state index contributed by atoms with van der Waals surface area (Å²) in [5.74, 6) is -0.580. The average molecular weight is 374 g/mol. The number of carbonyl (C=O) groups is 1. The van der Waals surface area contributed by atoms with Gasteiger partial charge in [0.05, 0.1) is 0 Å². The third-order valence-electron chi connectivity index (χ3n) is 3.03. The first-order valence-electron chi connectivity index (χ1n) is 7.15. The molecule has 0 bridgehead atoms. The lowest BCUT2D eigenvalue weighted by Gasteiger charge is -2.03. The first-order valence-corrected chi connectivity index (χ1v) is 7.91. The highest BCUT2D eigenvalue weighted by Gasteiger charge is 2.07. The van der Waals surface area contributed by atoms with Crippen LogP contribution in [0.25, 0.3) is 6.08 Å². The highest BCUT2D eigenvalue weighted by atomic mass is 35.5. The zero-order valence-corrected chi connectivity index (χ0v) is 14.5. The second kappa shape index (κ2) is 9.48. The predicted molar refractivity (Wildman–Crippen MR) is 97.9 cm³/mol. The van der Waals surface area contributed by atoms with Crippen LogP contribution in [0.2, 0.25) is 10.0 Å². The summed E-state index contributed by atoms with van der Waals surface area (Å²) >= 11 is 11.8. The fourth-order valence-electron chi connectivity index (χ4n) is 1.81. The number of carbonyl (C=O) groups excluding carboxylic acids is 1. The van der Waals surface area contributed by atoms with E-state index >= 15 is 0 Å². The maximum absolute atomic E-state index is 11.9. The smallest absolute Gasteiger partial charge is 0.267 e. The molecule has 0 radical (unpaired) electrons. The first kappa shape index (κ1) is 18.5. The Labute approximate surface area is 155 Å². The van der Waals surface area contributed by atoms with Gasteiger partial charge in [-0.3, -0.25) is 4.79 Å². The molecule has 5 nitrogen and oxygen atoms in total. The lowest BCUT2D eigenvalue weighted by atomic mass is 10.1. The van der Waals surface area contributed by atoms with E-state index in [0.29, 0.717) is 15.6 Å². The molecule has 126 valence electrons. The van der Waals surface area contributed by atoms with Gasteiger partial charge in [0, 0.05) is 15.6 Å². The van der Waals surface area contributed by atoms with E-state index in [2.05, 4.69) is 10.5 Å². The first-order chi connectivity index (χ1) is 12.1. The number of nitriles is 1. The minimum Gasteiger partial charge on any atom is -0.390 e. The molecule has 0 heterocycles. The van der Waals surface area contributed by atoms with E-state index in [1.807, 2.05) is 24.3 Å². The van der Waals surface area contributed by atoms with Gasteiger partial charge in [-0.05, 0) is 23.8 Å². The van der Waals surface area contributed by atoms with Crippen molar-refractivity contribution in [1.82, 2.24) is 5.32 Å². The molecule has 0 aliphatic heterocycles. The molecule has 0 fully saturated rings. The monoisotopic (exact) mass is 373 g/mol. The van der Waals surface area contributed by atoms with Crippen LogP contribution >= 0.6 is 23.2 Å². The Morgan fingerprint density at radius 2 is 2.00 bits per heavy atom. The number of amides is 1. The van der Waals surface area contributed by atoms with Crippen LogP contribution in [0.1, 0.15) is 11.1 Å². The minimum absolute atomic E-state index is 0.0432. The van der Waals surface area contributed by atoms with Gasteiger partial charge >= 0.3 is 0 Å². The second-order valence-electron chi connectivity index (χ2n) is 4.80. The fraction of sp³-hybridized carbons (Fsp3) is 0.0556. The van der Waals surface area contributed by atoms with Crippen molar-refractivity contribution >= 4 is 41.5 Å². The molecule has 2 rings (SSSR count). The Kier molecular flexibility index (Phi) is 7.02. The van der Waals surface area contributed by atoms with Crippen molar-refractivity contribution in [2.75, 3.05) is 0 Å². The van der Waals surface area contributed by atoms with Gasteiger partial charge in [0.1, 0.15) is 24.6 Å². The van der Waals surface area contributed by atoms with Crippen LogP contribution in [-0.4, -0.2) is 12.2 Å². The zero-order valence-electron chi connectivity index (χ0n) is 12.9. The molecule has 0 aliphatic rings. The molecular weight excluding hydrogens is 361 g/mol. The van der Waals surface area contributed by atoms with Crippen LogP contribution in [0.5, 0.6) is 0 Å². The van der Waals surface area contributed by atoms with E-state index in [0.717, 1.165) is 11.9 Å². The summed E-state index contributed by atoms with van der Waals surface area (Å²) in [6, 6.07) is 15.9. The summed E-state index contributed by atoms with van der Waals surface area (Å²) in [6.07, 6.45) is 2.56. The van der Waals surface area contributed by atoms with E-state index in [-0.39, 0.29) is 12.2 Å². The van der Waals surface area contributed by atoms with Crippen LogP contribution in [0.3, 0.4) is 0 Å². The molecule has 0 aliphatic carbocycles. The molecule has 0 saturated heterocycles. The fourth-order valence-corrected chi connectivity index (χ4v) is 2.27. The normalized spacial score (nSPS) is 11.2. The van der Waals surface area contributed by atoms with E-state index in [1.165, 1.54) is 6.08 Å². The number of rotatable bonds is 6. The van der Waals surface area contributed by atoms with Crippen molar-refractivity contribution in [2.45, 2.75) is 6.61 Å². The molecule has 0 saturated carbocycles. The van der Waals surface area contributed by atoms with E-state index in [9.17, 15) is 4.79 Å². The van der Waals surface area contributed by atoms with Gasteiger partial charge in [-0.2, -0.15) is 5.26 Å². The predicted octanol–water partition coefficient (Wildman–Crippen LogP) is 4.18. The molecule has 0 unspecified atom stereocenters. The van der Waals surface area contributed by atoms with Crippen molar-refractivity contribution in [3.63, 3.8) is 0 Å². The third-order valence-corrected chi connectivity index (χ3v) is 3.62. The van der Waals surface area contributed by atoms with Gasteiger partial charge in [-0.1, -0.05) is 64.8 Å². The molecule has 0 atom stereocenters. The van der Waals surface area contributed by atoms with Crippen LogP contribution in [0.4, 0.5) is 0 Å². The molecule has 2 aromatic carbocycles. The number of nitrogens with zero attached hydrogens (tertiary/aromatic N) is 2. The van der Waals surface area contributed by atoms with Gasteiger partial charge in [-0.15, -0.1) is 0 Å². The van der Waals surface area contributed by atoms with Crippen LogP contribution < -0.4 is 5.32 Å². The van der Waals surface area contributed by atoms with Gasteiger partial charge in [0.25, 0.3) is 5.91 Å². The summed E-state index contributed by atoms with van der Waals surface area (Å²) in [7, 11) is 0. The molecule has 1 N–H and O–H groups in total. The summed E-state index contributed by atoms with van der Waals surface area (Å²) in [6.45, 7) is 0.118. The van der Waals surface area contributed by atoms with E-state index in [1.54, 1.807) is 30.3 Å². The number of benzene rings is 2. The van der Waals surface area contributed by atoms with Gasteiger partial charge in [0.15, 0.2) is 0 Å². The van der Waals surface area contributed by atoms with E-state index < -0.39 is 5.91 Å². The molecule has 1 amide bonds. The maximum atomic E-state index is 11.9. The molecular formula is C18H13Cl2N3O2. The molecule has 0 aromatic heterocycles. The third kappa shape index (κ3) is 5.96. The molecule has 0 spiro atoms. The Hall–Kier alpha value is -2.81. The topological polar surface area (TPSA) is 74.5 Å². The second-order valence-corrected chi connectivity index (χ2v) is 5.64. The van der Waals surface area contributed by atoms with Crippen molar-refractivity contribution in [2.24, 2.45) is 5.16 Å². The Morgan fingerprint density at radius 1 is 1.24 bits per heavy atom. The lowest BCUT2D eigenvalue weighted by Crippen LogP contribution is -2.22. The summed E-state index contributed by atoms with van der Waals surface area (Å²) < 4.78 is 0. The summed E-state index contributed by atoms with van der Waals surface area (Å²) in [4.78, 5) is 17.0. The Morgan fingerprint density at radius 3 is 2.68 bits per heavy atom. The van der Waals surface area contributed by atoms with Gasteiger partial charge in [-0.25, -0.2) is 0 Å². The minimum atomic E-state index is -0.580. The average Bonchev–Trinajstić information content (AvgIpc) is 2.61. The van der Waals surface area contributed by atoms with E-state index in [4.69, 9.17) is 33.3 Å². The maximum Gasteiger partial charge on any atom is 0.267 e. The number of hydrogen-bond donors (Lipinski definition) is 1. The number of hydrogen-bond acceptors (Lipinski definition) is 4. The van der Waals surface area contributed by atoms with Crippen LogP contribution in [0, 0.1) is 11.3 Å². The van der Waals surface area contributed by atoms with Gasteiger partial charge < -0.3 is 10.2 Å². The number of nitrogens with one attached hydrogen (secondary N) is 1. The van der Waals surface area contributed by atoms with Crippen LogP contribution in [0.15, 0.2) is 59.3 Å². The SMILES string of the molecule is N#CC(=Cc1ccccc1)C(=O)N/C=N/OCc1ccc(Cl)cc1Cl. The van der Waals surface area contributed by atoms with Crippen molar-refractivity contribution in [3.8, 4) is 6.07 Å².